The molecule has 8 heteroatoms. The van der Waals surface area contributed by atoms with Crippen molar-refractivity contribution in [3.63, 3.8) is 0 Å². The van der Waals surface area contributed by atoms with Crippen LogP contribution < -0.4 is 0 Å². The van der Waals surface area contributed by atoms with Gasteiger partial charge in [-0.3, -0.25) is 9.48 Å². The molecule has 2 heterocycles. The highest BCUT2D eigenvalue weighted by molar-refractivity contribution is 5.91. The summed E-state index contributed by atoms with van der Waals surface area (Å²) < 4.78 is 3.21. The first kappa shape index (κ1) is 12.3. The quantitative estimate of drug-likeness (QED) is 0.750. The normalized spacial score (nSPS) is 11.1. The number of carboxylic acids is 1. The Morgan fingerprint density at radius 2 is 2.15 bits per heavy atom. The molecule has 0 fully saturated rings. The van der Waals surface area contributed by atoms with Crippen LogP contribution in [0.15, 0.2) is 24.3 Å². The first-order valence-electron chi connectivity index (χ1n) is 6.07. The molecule has 0 radical (unpaired) electrons. The van der Waals surface area contributed by atoms with E-state index < -0.39 is 5.97 Å². The Kier molecular flexibility index (Phi) is 2.90. The molecule has 20 heavy (non-hydrogen) atoms. The van der Waals surface area contributed by atoms with Gasteiger partial charge >= 0.3 is 5.97 Å². The van der Waals surface area contributed by atoms with Crippen LogP contribution in [0.1, 0.15) is 6.42 Å². The predicted octanol–water partition coefficient (Wildman–Crippen LogP) is 0.701. The minimum Gasteiger partial charge on any atom is -0.481 e. The Labute approximate surface area is 113 Å². The number of carbonyl (C=O) groups is 1. The van der Waals surface area contributed by atoms with Crippen molar-refractivity contribution in [2.24, 2.45) is 7.05 Å². The van der Waals surface area contributed by atoms with E-state index in [1.54, 1.807) is 4.68 Å². The van der Waals surface area contributed by atoms with E-state index in [1.165, 1.54) is 4.68 Å². The van der Waals surface area contributed by atoms with Crippen molar-refractivity contribution in [1.82, 2.24) is 30.0 Å². The van der Waals surface area contributed by atoms with E-state index in [-0.39, 0.29) is 13.0 Å². The number of para-hydroxylation sites is 1. The maximum Gasteiger partial charge on any atom is 0.305 e. The Morgan fingerprint density at radius 1 is 1.35 bits per heavy atom. The third kappa shape index (κ3) is 2.00. The van der Waals surface area contributed by atoms with Crippen molar-refractivity contribution in [2.45, 2.75) is 13.0 Å². The summed E-state index contributed by atoms with van der Waals surface area (Å²) in [6, 6.07) is 7.74. The molecule has 0 amide bonds. The van der Waals surface area contributed by atoms with Gasteiger partial charge in [0.05, 0.1) is 18.5 Å². The van der Waals surface area contributed by atoms with Crippen LogP contribution in [0.25, 0.3) is 22.4 Å². The third-order valence-electron chi connectivity index (χ3n) is 3.04. The van der Waals surface area contributed by atoms with E-state index in [1.807, 2.05) is 31.3 Å². The van der Waals surface area contributed by atoms with Gasteiger partial charge in [-0.1, -0.05) is 18.2 Å². The second-order valence-corrected chi connectivity index (χ2v) is 4.36. The van der Waals surface area contributed by atoms with Gasteiger partial charge in [-0.25, -0.2) is 4.68 Å². The number of benzene rings is 1. The van der Waals surface area contributed by atoms with Crippen LogP contribution in [0.5, 0.6) is 0 Å². The molecule has 0 saturated heterocycles. The second-order valence-electron chi connectivity index (χ2n) is 4.36. The monoisotopic (exact) mass is 272 g/mol. The Hall–Kier alpha value is -2.77. The molecular weight excluding hydrogens is 260 g/mol. The summed E-state index contributed by atoms with van der Waals surface area (Å²) in [7, 11) is 1.84. The van der Waals surface area contributed by atoms with Crippen molar-refractivity contribution < 1.29 is 9.90 Å². The SMILES string of the molecule is Cn1nc(-c2nnnn2CCC(=O)O)c2ccccc21. The maximum atomic E-state index is 10.7. The van der Waals surface area contributed by atoms with Gasteiger partial charge in [0.1, 0.15) is 5.69 Å². The molecule has 1 aromatic carbocycles. The number of carboxylic acid groups (broad SMARTS) is 1. The minimum absolute atomic E-state index is 0.0389. The predicted molar refractivity (Wildman–Crippen MR) is 69.8 cm³/mol. The molecular formula is C12H12N6O2. The molecule has 0 spiro atoms. The van der Waals surface area contributed by atoms with E-state index in [0.29, 0.717) is 11.5 Å². The van der Waals surface area contributed by atoms with Gasteiger partial charge in [0.25, 0.3) is 0 Å². The zero-order valence-corrected chi connectivity index (χ0v) is 10.8. The maximum absolute atomic E-state index is 10.7. The van der Waals surface area contributed by atoms with Crippen LogP contribution in [-0.2, 0) is 18.4 Å². The van der Waals surface area contributed by atoms with Crippen LogP contribution in [0.4, 0.5) is 0 Å². The summed E-state index contributed by atoms with van der Waals surface area (Å²) >= 11 is 0. The molecule has 0 aliphatic heterocycles. The standard InChI is InChI=1S/C12H12N6O2/c1-17-9-5-3-2-4-8(9)11(14-17)12-13-15-16-18(12)7-6-10(19)20/h2-5H,6-7H2,1H3,(H,19,20). The van der Waals surface area contributed by atoms with Gasteiger partial charge < -0.3 is 5.11 Å². The lowest BCUT2D eigenvalue weighted by Gasteiger charge is -2.00. The molecule has 102 valence electrons. The van der Waals surface area contributed by atoms with E-state index >= 15 is 0 Å². The average molecular weight is 272 g/mol. The fourth-order valence-electron chi connectivity index (χ4n) is 2.11. The van der Waals surface area contributed by atoms with Crippen LogP contribution in [0.2, 0.25) is 0 Å². The molecule has 0 bridgehead atoms. The summed E-state index contributed by atoms with van der Waals surface area (Å²) in [6.45, 7) is 0.211. The first-order valence-corrected chi connectivity index (χ1v) is 6.07. The summed E-state index contributed by atoms with van der Waals surface area (Å²) in [4.78, 5) is 10.7. The van der Waals surface area contributed by atoms with Gasteiger partial charge in [0, 0.05) is 12.4 Å². The average Bonchev–Trinajstić information content (AvgIpc) is 3.01. The fraction of sp³-hybridized carbons (Fsp3) is 0.250. The number of hydrogen-bond acceptors (Lipinski definition) is 5. The summed E-state index contributed by atoms with van der Waals surface area (Å²) in [5.41, 5.74) is 1.62. The highest BCUT2D eigenvalue weighted by atomic mass is 16.4. The van der Waals surface area contributed by atoms with Crippen LogP contribution in [0.3, 0.4) is 0 Å². The van der Waals surface area contributed by atoms with Gasteiger partial charge in [-0.15, -0.1) is 5.10 Å². The van der Waals surface area contributed by atoms with Gasteiger partial charge in [-0.2, -0.15) is 5.10 Å². The van der Waals surface area contributed by atoms with E-state index in [2.05, 4.69) is 20.6 Å². The number of hydrogen-bond donors (Lipinski definition) is 1. The first-order chi connectivity index (χ1) is 9.66. The zero-order chi connectivity index (χ0) is 14.1. The Balaban J connectivity index is 2.08. The molecule has 8 nitrogen and oxygen atoms in total. The molecule has 3 rings (SSSR count). The third-order valence-corrected chi connectivity index (χ3v) is 3.04. The molecule has 0 aliphatic carbocycles. The number of tetrazole rings is 1. The van der Waals surface area contributed by atoms with Gasteiger partial charge in [-0.05, 0) is 16.5 Å². The smallest absolute Gasteiger partial charge is 0.305 e. The lowest BCUT2D eigenvalue weighted by Crippen LogP contribution is -2.08. The largest absolute Gasteiger partial charge is 0.481 e. The number of nitrogens with zero attached hydrogens (tertiary/aromatic N) is 6. The summed E-state index contributed by atoms with van der Waals surface area (Å²) in [5, 5.41) is 25.5. The van der Waals surface area contributed by atoms with Crippen LogP contribution in [-0.4, -0.2) is 41.1 Å². The fourth-order valence-corrected chi connectivity index (χ4v) is 2.11. The van der Waals surface area contributed by atoms with Crippen LogP contribution in [0, 0.1) is 0 Å². The molecule has 0 aliphatic rings. The molecule has 2 aromatic heterocycles. The van der Waals surface area contributed by atoms with Crippen molar-refractivity contribution in [1.29, 1.82) is 0 Å². The lowest BCUT2D eigenvalue weighted by molar-refractivity contribution is -0.137. The molecule has 3 aromatic rings. The Bertz CT molecular complexity index is 775. The topological polar surface area (TPSA) is 98.7 Å². The second kappa shape index (κ2) is 4.72. The van der Waals surface area contributed by atoms with Crippen LogP contribution >= 0.6 is 0 Å². The molecule has 1 N–H and O–H groups in total. The number of aliphatic carboxylic acids is 1. The van der Waals surface area contributed by atoms with Crippen molar-refractivity contribution >= 4 is 16.9 Å². The summed E-state index contributed by atoms with van der Waals surface area (Å²) in [6.07, 6.45) is -0.0389. The summed E-state index contributed by atoms with van der Waals surface area (Å²) in [5.74, 6) is -0.416. The van der Waals surface area contributed by atoms with Crippen molar-refractivity contribution in [2.75, 3.05) is 0 Å². The number of aryl methyl sites for hydroxylation is 2. The minimum atomic E-state index is -0.891. The van der Waals surface area contributed by atoms with Gasteiger partial charge in [0.15, 0.2) is 0 Å². The number of fused-ring (bicyclic) bond motifs is 1. The van der Waals surface area contributed by atoms with Gasteiger partial charge in [0.2, 0.25) is 5.82 Å². The highest BCUT2D eigenvalue weighted by Gasteiger charge is 2.17. The number of aromatic nitrogens is 6. The van der Waals surface area contributed by atoms with E-state index in [0.717, 1.165) is 10.9 Å². The highest BCUT2D eigenvalue weighted by Crippen LogP contribution is 2.25. The van der Waals surface area contributed by atoms with E-state index in [9.17, 15) is 4.79 Å². The van der Waals surface area contributed by atoms with E-state index in [4.69, 9.17) is 5.11 Å². The molecule has 0 unspecified atom stereocenters. The van der Waals surface area contributed by atoms with Crippen molar-refractivity contribution in [3.8, 4) is 11.5 Å². The van der Waals surface area contributed by atoms with Crippen molar-refractivity contribution in [3.05, 3.63) is 24.3 Å². The molecule has 0 atom stereocenters. The Morgan fingerprint density at radius 3 is 2.95 bits per heavy atom. The zero-order valence-electron chi connectivity index (χ0n) is 10.8. The number of rotatable bonds is 4. The lowest BCUT2D eigenvalue weighted by atomic mass is 10.2. The molecule has 0 saturated carbocycles.